The van der Waals surface area contributed by atoms with Gasteiger partial charge in [-0.1, -0.05) is 54.2 Å². The van der Waals surface area contributed by atoms with Gasteiger partial charge in [-0.2, -0.15) is 4.31 Å². The van der Waals surface area contributed by atoms with Crippen LogP contribution in [0.2, 0.25) is 0 Å². The molecule has 3 aromatic rings. The first-order chi connectivity index (χ1) is 15.3. The van der Waals surface area contributed by atoms with E-state index >= 15 is 0 Å². The van der Waals surface area contributed by atoms with Crippen molar-refractivity contribution in [2.45, 2.75) is 17.1 Å². The van der Waals surface area contributed by atoms with E-state index in [1.807, 2.05) is 6.07 Å². The highest BCUT2D eigenvalue weighted by atomic mass is 32.2. The van der Waals surface area contributed by atoms with Crippen molar-refractivity contribution in [2.24, 2.45) is 4.99 Å². The number of hydrogen-bond donors (Lipinski definition) is 0. The Morgan fingerprint density at radius 2 is 1.72 bits per heavy atom. The van der Waals surface area contributed by atoms with E-state index in [4.69, 9.17) is 4.74 Å². The quantitative estimate of drug-likeness (QED) is 0.534. The van der Waals surface area contributed by atoms with E-state index in [1.165, 1.54) is 20.1 Å². The lowest BCUT2D eigenvalue weighted by molar-refractivity contribution is -0.122. The van der Waals surface area contributed by atoms with Crippen LogP contribution in [0.15, 0.2) is 82.7 Å². The molecule has 0 saturated carbocycles. The third kappa shape index (κ3) is 4.01. The van der Waals surface area contributed by atoms with Crippen LogP contribution in [0.25, 0.3) is 0 Å². The van der Waals surface area contributed by atoms with E-state index in [2.05, 4.69) is 4.99 Å². The Hall–Kier alpha value is -3.17. The number of aliphatic imine (C=N–C) groups is 1. The molecule has 1 saturated heterocycles. The van der Waals surface area contributed by atoms with Gasteiger partial charge in [-0.05, 0) is 48.4 Å². The van der Waals surface area contributed by atoms with Gasteiger partial charge in [-0.3, -0.25) is 4.79 Å². The summed E-state index contributed by atoms with van der Waals surface area (Å²) in [5, 5.41) is -0.795. The normalized spacial score (nSPS) is 17.7. The van der Waals surface area contributed by atoms with Gasteiger partial charge < -0.3 is 4.74 Å². The Morgan fingerprint density at radius 3 is 2.41 bits per heavy atom. The molecule has 3 aromatic carbocycles. The minimum atomic E-state index is -4.33. The average Bonchev–Trinajstić information content (AvgIpc) is 3.13. The topological polar surface area (TPSA) is 76.0 Å². The van der Waals surface area contributed by atoms with Crippen molar-refractivity contribution < 1.29 is 22.3 Å². The minimum absolute atomic E-state index is 0.00432. The molecule has 6 nitrogen and oxygen atoms in total. The molecule has 0 aromatic heterocycles. The van der Waals surface area contributed by atoms with Gasteiger partial charge in [-0.25, -0.2) is 17.8 Å². The molecule has 164 valence electrons. The van der Waals surface area contributed by atoms with Crippen molar-refractivity contribution in [3.63, 3.8) is 0 Å². The Balaban J connectivity index is 1.86. The highest BCUT2D eigenvalue weighted by molar-refractivity contribution is 8.16. The molecule has 9 heteroatoms. The third-order valence-electron chi connectivity index (χ3n) is 4.89. The Morgan fingerprint density at radius 1 is 1.03 bits per heavy atom. The smallest absolute Gasteiger partial charge is 0.272 e. The number of sulfonamides is 1. The summed E-state index contributed by atoms with van der Waals surface area (Å²) in [6, 6.07) is 19.2. The lowest BCUT2D eigenvalue weighted by Crippen LogP contribution is -2.36. The molecule has 1 aliphatic heterocycles. The summed E-state index contributed by atoms with van der Waals surface area (Å²) in [5.74, 6) is -0.737. The number of thioether (sulfide) groups is 1. The number of amidine groups is 1. The summed E-state index contributed by atoms with van der Waals surface area (Å²) < 4.78 is 46.8. The predicted octanol–water partition coefficient (Wildman–Crippen LogP) is 4.84. The molecule has 1 aliphatic rings. The number of ether oxygens (including phenoxy) is 1. The molecule has 1 amide bonds. The van der Waals surface area contributed by atoms with E-state index in [9.17, 15) is 17.6 Å². The molecule has 0 spiro atoms. The third-order valence-corrected chi connectivity index (χ3v) is 7.89. The number of para-hydroxylation sites is 2. The summed E-state index contributed by atoms with van der Waals surface area (Å²) in [5.41, 5.74) is 1.20. The minimum Gasteiger partial charge on any atom is -0.494 e. The van der Waals surface area contributed by atoms with Gasteiger partial charge in [0.05, 0.1) is 12.0 Å². The number of halogens is 1. The SMILES string of the molecule is COc1ccccc1N=C1S[C@@H](c2ccccc2)C(=O)N1S(=O)(=O)c1ccc(F)c(C)c1. The summed E-state index contributed by atoms with van der Waals surface area (Å²) in [6.07, 6.45) is 0. The molecule has 0 bridgehead atoms. The highest BCUT2D eigenvalue weighted by Gasteiger charge is 2.46. The van der Waals surface area contributed by atoms with Crippen molar-refractivity contribution >= 4 is 38.5 Å². The number of hydrogen-bond acceptors (Lipinski definition) is 6. The van der Waals surface area contributed by atoms with Crippen LogP contribution in [0.5, 0.6) is 5.75 Å². The van der Waals surface area contributed by atoms with Crippen molar-refractivity contribution in [1.82, 2.24) is 4.31 Å². The second kappa shape index (κ2) is 8.76. The van der Waals surface area contributed by atoms with Gasteiger partial charge in [0.15, 0.2) is 5.17 Å². The van der Waals surface area contributed by atoms with Crippen molar-refractivity contribution in [3.8, 4) is 5.75 Å². The Bertz CT molecular complexity index is 1310. The fourth-order valence-corrected chi connectivity index (χ4v) is 6.15. The van der Waals surface area contributed by atoms with Crippen LogP contribution in [-0.2, 0) is 14.8 Å². The van der Waals surface area contributed by atoms with Crippen LogP contribution in [0.1, 0.15) is 16.4 Å². The number of benzene rings is 3. The van der Waals surface area contributed by atoms with Crippen LogP contribution in [0.3, 0.4) is 0 Å². The number of nitrogens with zero attached hydrogens (tertiary/aromatic N) is 2. The lowest BCUT2D eigenvalue weighted by atomic mass is 10.1. The fraction of sp³-hybridized carbons (Fsp3) is 0.130. The summed E-state index contributed by atoms with van der Waals surface area (Å²) in [4.78, 5) is 17.7. The molecule has 32 heavy (non-hydrogen) atoms. The van der Waals surface area contributed by atoms with E-state index < -0.39 is 27.0 Å². The highest BCUT2D eigenvalue weighted by Crippen LogP contribution is 2.43. The van der Waals surface area contributed by atoms with Crippen LogP contribution in [-0.4, -0.2) is 30.9 Å². The maximum absolute atomic E-state index is 13.8. The number of carbonyl (C=O) groups is 1. The summed E-state index contributed by atoms with van der Waals surface area (Å²) in [7, 11) is -2.85. The molecular formula is C23H19FN2O4S2. The molecule has 1 fully saturated rings. The summed E-state index contributed by atoms with van der Waals surface area (Å²) in [6.45, 7) is 1.46. The van der Waals surface area contributed by atoms with Crippen LogP contribution in [0.4, 0.5) is 10.1 Å². The van der Waals surface area contributed by atoms with Gasteiger partial charge in [-0.15, -0.1) is 0 Å². The van der Waals surface area contributed by atoms with Gasteiger partial charge in [0.1, 0.15) is 22.5 Å². The van der Waals surface area contributed by atoms with Gasteiger partial charge in [0, 0.05) is 0 Å². The number of carbonyl (C=O) groups excluding carboxylic acids is 1. The van der Waals surface area contributed by atoms with Crippen molar-refractivity contribution in [3.05, 3.63) is 89.7 Å². The average molecular weight is 471 g/mol. The van der Waals surface area contributed by atoms with Crippen LogP contribution in [0, 0.1) is 12.7 Å². The lowest BCUT2D eigenvalue weighted by Gasteiger charge is -2.17. The van der Waals surface area contributed by atoms with Gasteiger partial charge in [0.25, 0.3) is 15.9 Å². The second-order valence-electron chi connectivity index (χ2n) is 6.99. The second-order valence-corrected chi connectivity index (χ2v) is 9.85. The van der Waals surface area contributed by atoms with E-state index in [-0.39, 0.29) is 15.6 Å². The first-order valence-electron chi connectivity index (χ1n) is 9.61. The van der Waals surface area contributed by atoms with Gasteiger partial charge in [0.2, 0.25) is 0 Å². The zero-order valence-corrected chi connectivity index (χ0v) is 18.9. The largest absolute Gasteiger partial charge is 0.494 e. The molecule has 1 heterocycles. The van der Waals surface area contributed by atoms with Crippen LogP contribution >= 0.6 is 11.8 Å². The number of amides is 1. The monoisotopic (exact) mass is 470 g/mol. The zero-order chi connectivity index (χ0) is 22.9. The molecule has 0 N–H and O–H groups in total. The first-order valence-corrected chi connectivity index (χ1v) is 11.9. The van der Waals surface area contributed by atoms with Crippen molar-refractivity contribution in [1.29, 1.82) is 0 Å². The predicted molar refractivity (Wildman–Crippen MR) is 122 cm³/mol. The molecule has 0 aliphatic carbocycles. The van der Waals surface area contributed by atoms with E-state index in [0.717, 1.165) is 23.9 Å². The standard InChI is InChI=1S/C23H19FN2O4S2/c1-15-14-17(12-13-18(15)24)32(28,29)26-22(27)21(16-8-4-3-5-9-16)31-23(26)25-19-10-6-7-11-20(19)30-2/h3-14,21H,1-2H3/t21-/m0/s1. The molecule has 0 radical (unpaired) electrons. The fourth-order valence-electron chi connectivity index (χ4n) is 3.24. The maximum Gasteiger partial charge on any atom is 0.272 e. The van der Waals surface area contributed by atoms with E-state index in [1.54, 1.807) is 48.5 Å². The number of methoxy groups -OCH3 is 1. The number of aryl methyl sites for hydroxylation is 1. The van der Waals surface area contributed by atoms with Crippen molar-refractivity contribution in [2.75, 3.05) is 7.11 Å². The Labute approximate surface area is 189 Å². The van der Waals surface area contributed by atoms with Crippen LogP contribution < -0.4 is 4.74 Å². The Kier molecular flexibility index (Phi) is 6.03. The van der Waals surface area contributed by atoms with E-state index in [0.29, 0.717) is 21.3 Å². The molecule has 4 rings (SSSR count). The zero-order valence-electron chi connectivity index (χ0n) is 17.2. The first kappa shape index (κ1) is 22.0. The molecule has 1 atom stereocenters. The maximum atomic E-state index is 13.8. The number of rotatable bonds is 5. The molecular weight excluding hydrogens is 451 g/mol. The molecule has 0 unspecified atom stereocenters. The summed E-state index contributed by atoms with van der Waals surface area (Å²) >= 11 is 1.04. The van der Waals surface area contributed by atoms with Gasteiger partial charge >= 0.3 is 0 Å².